The van der Waals surface area contributed by atoms with E-state index in [-0.39, 0.29) is 6.54 Å². The molecule has 1 aliphatic rings. The second kappa shape index (κ2) is 6.68. The highest BCUT2D eigenvalue weighted by atomic mass is 19.2. The summed E-state index contributed by atoms with van der Waals surface area (Å²) >= 11 is 0. The summed E-state index contributed by atoms with van der Waals surface area (Å²) in [4.78, 5) is 13.5. The van der Waals surface area contributed by atoms with Crippen molar-refractivity contribution in [3.05, 3.63) is 29.6 Å². The first-order chi connectivity index (χ1) is 10.7. The molecule has 1 unspecified atom stereocenters. The number of carbonyl (C=O) groups is 1. The highest BCUT2D eigenvalue weighted by Crippen LogP contribution is 2.27. The number of carbonyl (C=O) groups excluding carboxylic acids is 1. The number of halogens is 3. The molecule has 7 heteroatoms. The molecule has 0 N–H and O–H groups in total. The maximum Gasteiger partial charge on any atom is 0.410 e. The van der Waals surface area contributed by atoms with E-state index in [1.807, 2.05) is 0 Å². The number of likely N-dealkylation sites (tertiary alicyclic amines) is 1. The summed E-state index contributed by atoms with van der Waals surface area (Å²) in [6, 6.07) is 1.51. The van der Waals surface area contributed by atoms with Crippen LogP contribution in [0.15, 0.2) is 12.1 Å². The normalized spacial score (nSPS) is 18.7. The third-order valence-electron chi connectivity index (χ3n) is 3.32. The van der Waals surface area contributed by atoms with E-state index in [1.54, 1.807) is 20.8 Å². The minimum absolute atomic E-state index is 0.129. The van der Waals surface area contributed by atoms with Gasteiger partial charge in [-0.3, -0.25) is 0 Å². The van der Waals surface area contributed by atoms with Crippen LogP contribution in [-0.2, 0) is 4.74 Å². The van der Waals surface area contributed by atoms with Gasteiger partial charge in [-0.15, -0.1) is 0 Å². The molecule has 4 nitrogen and oxygen atoms in total. The number of nitrogens with zero attached hydrogens (tertiary/aromatic N) is 1. The molecule has 128 valence electrons. The molecular weight excluding hydrogens is 311 g/mol. The van der Waals surface area contributed by atoms with E-state index in [1.165, 1.54) is 4.90 Å². The Morgan fingerprint density at radius 1 is 1.22 bits per heavy atom. The molecule has 1 amide bonds. The van der Waals surface area contributed by atoms with Crippen LogP contribution >= 0.6 is 0 Å². The van der Waals surface area contributed by atoms with Gasteiger partial charge >= 0.3 is 6.09 Å². The summed E-state index contributed by atoms with van der Waals surface area (Å²) in [5.74, 6) is -4.26. The Kier molecular flexibility index (Phi) is 5.06. The standard InChI is InChI=1S/C16H20F3NO3/c1-16(2,3)23-15(21)20-8-4-5-10(9-20)22-14-12(18)7-6-11(17)13(14)19/h6-7,10H,4-5,8-9H2,1-3H3. The van der Waals surface area contributed by atoms with Crippen molar-refractivity contribution in [2.24, 2.45) is 0 Å². The van der Waals surface area contributed by atoms with Gasteiger partial charge in [0.05, 0.1) is 6.54 Å². The monoisotopic (exact) mass is 331 g/mol. The predicted molar refractivity (Wildman–Crippen MR) is 77.8 cm³/mol. The minimum Gasteiger partial charge on any atom is -0.482 e. The number of amides is 1. The van der Waals surface area contributed by atoms with E-state index in [4.69, 9.17) is 9.47 Å². The summed E-state index contributed by atoms with van der Waals surface area (Å²) in [7, 11) is 0. The molecule has 1 heterocycles. The number of rotatable bonds is 2. The van der Waals surface area contributed by atoms with Gasteiger partial charge < -0.3 is 14.4 Å². The Morgan fingerprint density at radius 3 is 2.52 bits per heavy atom. The van der Waals surface area contributed by atoms with E-state index in [2.05, 4.69) is 0 Å². The molecule has 1 atom stereocenters. The van der Waals surface area contributed by atoms with E-state index in [9.17, 15) is 18.0 Å². The van der Waals surface area contributed by atoms with Crippen molar-refractivity contribution in [2.75, 3.05) is 13.1 Å². The Balaban J connectivity index is 2.05. The highest BCUT2D eigenvalue weighted by Gasteiger charge is 2.30. The average Bonchev–Trinajstić information content (AvgIpc) is 2.46. The van der Waals surface area contributed by atoms with Crippen LogP contribution < -0.4 is 4.74 Å². The molecule has 1 saturated heterocycles. The SMILES string of the molecule is CC(C)(C)OC(=O)N1CCCC(Oc2c(F)ccc(F)c2F)C1. The van der Waals surface area contributed by atoms with Crippen LogP contribution in [0.2, 0.25) is 0 Å². The third kappa shape index (κ3) is 4.53. The fourth-order valence-corrected chi connectivity index (χ4v) is 2.31. The number of hydrogen-bond acceptors (Lipinski definition) is 3. The first kappa shape index (κ1) is 17.4. The molecule has 1 aliphatic heterocycles. The summed E-state index contributed by atoms with van der Waals surface area (Å²) < 4.78 is 51.0. The molecule has 0 aliphatic carbocycles. The summed E-state index contributed by atoms with van der Waals surface area (Å²) in [5.41, 5.74) is -0.633. The fourth-order valence-electron chi connectivity index (χ4n) is 2.31. The van der Waals surface area contributed by atoms with E-state index >= 15 is 0 Å². The number of piperidine rings is 1. The molecule has 1 aromatic rings. The molecule has 23 heavy (non-hydrogen) atoms. The average molecular weight is 331 g/mol. The maximum atomic E-state index is 13.7. The van der Waals surface area contributed by atoms with Gasteiger partial charge in [0.1, 0.15) is 11.7 Å². The molecule has 1 fully saturated rings. The van der Waals surface area contributed by atoms with E-state index in [0.717, 1.165) is 6.07 Å². The van der Waals surface area contributed by atoms with Crippen molar-refractivity contribution >= 4 is 6.09 Å². The summed E-state index contributed by atoms with van der Waals surface area (Å²) in [6.07, 6.45) is -0.0231. The zero-order chi connectivity index (χ0) is 17.2. The van der Waals surface area contributed by atoms with Crippen molar-refractivity contribution in [2.45, 2.75) is 45.3 Å². The van der Waals surface area contributed by atoms with Crippen molar-refractivity contribution < 1.29 is 27.4 Å². The topological polar surface area (TPSA) is 38.8 Å². The lowest BCUT2D eigenvalue weighted by Gasteiger charge is -2.34. The lowest BCUT2D eigenvalue weighted by Crippen LogP contribution is -2.46. The van der Waals surface area contributed by atoms with Gasteiger partial charge in [-0.2, -0.15) is 4.39 Å². The van der Waals surface area contributed by atoms with Crippen LogP contribution in [-0.4, -0.2) is 35.8 Å². The van der Waals surface area contributed by atoms with Gasteiger partial charge in [0, 0.05) is 6.54 Å². The predicted octanol–water partition coefficient (Wildman–Crippen LogP) is 3.88. The maximum absolute atomic E-state index is 13.7. The lowest BCUT2D eigenvalue weighted by molar-refractivity contribution is 0.00682. The zero-order valence-corrected chi connectivity index (χ0v) is 13.4. The third-order valence-corrected chi connectivity index (χ3v) is 3.32. The molecule has 1 aromatic carbocycles. The van der Waals surface area contributed by atoms with Gasteiger partial charge in [-0.05, 0) is 45.7 Å². The van der Waals surface area contributed by atoms with Crippen molar-refractivity contribution in [1.29, 1.82) is 0 Å². The first-order valence-electron chi connectivity index (χ1n) is 7.45. The van der Waals surface area contributed by atoms with Gasteiger partial charge in [0.2, 0.25) is 5.82 Å². The fraction of sp³-hybridized carbons (Fsp3) is 0.562. The van der Waals surface area contributed by atoms with Crippen molar-refractivity contribution in [3.8, 4) is 5.75 Å². The number of benzene rings is 1. The first-order valence-corrected chi connectivity index (χ1v) is 7.45. The Labute approximate surface area is 133 Å². The van der Waals surface area contributed by atoms with Crippen LogP contribution in [0, 0.1) is 17.5 Å². The summed E-state index contributed by atoms with van der Waals surface area (Å²) in [6.45, 7) is 5.86. The van der Waals surface area contributed by atoms with Crippen LogP contribution in [0.4, 0.5) is 18.0 Å². The zero-order valence-electron chi connectivity index (χ0n) is 13.4. The van der Waals surface area contributed by atoms with Crippen LogP contribution in [0.25, 0.3) is 0 Å². The molecule has 0 aromatic heterocycles. The Morgan fingerprint density at radius 2 is 1.87 bits per heavy atom. The smallest absolute Gasteiger partial charge is 0.410 e. The van der Waals surface area contributed by atoms with Gasteiger partial charge in [-0.1, -0.05) is 0 Å². The molecular formula is C16H20F3NO3. The van der Waals surface area contributed by atoms with Crippen molar-refractivity contribution in [3.63, 3.8) is 0 Å². The largest absolute Gasteiger partial charge is 0.482 e. The molecule has 0 saturated carbocycles. The van der Waals surface area contributed by atoms with Gasteiger partial charge in [-0.25, -0.2) is 13.6 Å². The molecule has 0 bridgehead atoms. The van der Waals surface area contributed by atoms with E-state index in [0.29, 0.717) is 25.5 Å². The van der Waals surface area contributed by atoms with Crippen LogP contribution in [0.3, 0.4) is 0 Å². The minimum atomic E-state index is -1.36. The molecule has 2 rings (SSSR count). The molecule has 0 spiro atoms. The lowest BCUT2D eigenvalue weighted by atomic mass is 10.1. The van der Waals surface area contributed by atoms with Gasteiger partial charge in [0.15, 0.2) is 17.4 Å². The van der Waals surface area contributed by atoms with E-state index < -0.39 is 41.0 Å². The second-order valence-corrected chi connectivity index (χ2v) is 6.48. The van der Waals surface area contributed by atoms with Crippen LogP contribution in [0.5, 0.6) is 5.75 Å². The number of hydrogen-bond donors (Lipinski definition) is 0. The second-order valence-electron chi connectivity index (χ2n) is 6.48. The summed E-state index contributed by atoms with van der Waals surface area (Å²) in [5, 5.41) is 0. The highest BCUT2D eigenvalue weighted by molar-refractivity contribution is 5.68. The van der Waals surface area contributed by atoms with Crippen LogP contribution in [0.1, 0.15) is 33.6 Å². The molecule has 0 radical (unpaired) electrons. The van der Waals surface area contributed by atoms with Crippen molar-refractivity contribution in [1.82, 2.24) is 4.90 Å². The Hall–Kier alpha value is -1.92. The van der Waals surface area contributed by atoms with Gasteiger partial charge in [0.25, 0.3) is 0 Å². The number of ether oxygens (including phenoxy) is 2. The quantitative estimate of drug-likeness (QED) is 0.772. The Bertz CT molecular complexity index is 587.